The number of carbonyl (C=O) groups is 1. The average molecular weight is 345 g/mol. The van der Waals surface area contributed by atoms with E-state index in [0.29, 0.717) is 12.5 Å². The highest BCUT2D eigenvalue weighted by molar-refractivity contribution is 5.82. The van der Waals surface area contributed by atoms with Crippen LogP contribution in [-0.2, 0) is 20.8 Å². The summed E-state index contributed by atoms with van der Waals surface area (Å²) in [5.41, 5.74) is 2.45. The van der Waals surface area contributed by atoms with Crippen molar-refractivity contribution in [1.29, 1.82) is 0 Å². The number of benzene rings is 1. The summed E-state index contributed by atoms with van der Waals surface area (Å²) in [6.45, 7) is 5.38. The van der Waals surface area contributed by atoms with Gasteiger partial charge in [-0.05, 0) is 62.3 Å². The van der Waals surface area contributed by atoms with E-state index in [4.69, 9.17) is 18.9 Å². The van der Waals surface area contributed by atoms with Gasteiger partial charge in [0.2, 0.25) is 6.79 Å². The fourth-order valence-corrected chi connectivity index (χ4v) is 4.56. The van der Waals surface area contributed by atoms with Crippen LogP contribution in [0.2, 0.25) is 0 Å². The summed E-state index contributed by atoms with van der Waals surface area (Å²) >= 11 is 0. The molecule has 0 spiro atoms. The van der Waals surface area contributed by atoms with Crippen molar-refractivity contribution in [3.63, 3.8) is 0 Å². The minimum Gasteiger partial charge on any atom is -0.454 e. The predicted octanol–water partition coefficient (Wildman–Crippen LogP) is 2.55. The standard InChI is InChI=1S/C19H23NO5/c1-19(2)24-14-4-3-11-5-6-20(18(21)17(14)25-19)9-12-7-15-16(8-13(11)12)23-10-22-15/h7-8,11,14,17H,3-6,9-10H2,1-2H3/t11-,14-,17+/m1/s1. The summed E-state index contributed by atoms with van der Waals surface area (Å²) in [5.74, 6) is 1.34. The van der Waals surface area contributed by atoms with Crippen molar-refractivity contribution in [1.82, 2.24) is 4.90 Å². The molecule has 4 aliphatic rings. The van der Waals surface area contributed by atoms with E-state index in [9.17, 15) is 4.79 Å². The summed E-state index contributed by atoms with van der Waals surface area (Å²) in [6, 6.07) is 4.16. The average Bonchev–Trinajstić information content (AvgIpc) is 3.10. The third-order valence-corrected chi connectivity index (χ3v) is 5.72. The fraction of sp³-hybridized carbons (Fsp3) is 0.632. The minimum atomic E-state index is -0.699. The highest BCUT2D eigenvalue weighted by Crippen LogP contribution is 2.43. The molecular formula is C19H23NO5. The van der Waals surface area contributed by atoms with E-state index in [1.807, 2.05) is 24.8 Å². The van der Waals surface area contributed by atoms with Gasteiger partial charge in [0.05, 0.1) is 6.10 Å². The first-order valence-corrected chi connectivity index (χ1v) is 9.07. The van der Waals surface area contributed by atoms with Crippen molar-refractivity contribution < 1.29 is 23.7 Å². The number of ether oxygens (including phenoxy) is 4. The van der Waals surface area contributed by atoms with Crippen LogP contribution in [-0.4, -0.2) is 42.1 Å². The lowest BCUT2D eigenvalue weighted by Crippen LogP contribution is -2.43. The number of fused-ring (bicyclic) bond motifs is 7. The number of hydrogen-bond donors (Lipinski definition) is 0. The lowest BCUT2D eigenvalue weighted by Gasteiger charge is -2.26. The SMILES string of the molecule is CC1(C)O[C@@H]2C(=O)N3CC[C@@H](CC[C@H]2O1)c1cc2c(cc1C3)OCO2. The van der Waals surface area contributed by atoms with Crippen molar-refractivity contribution in [2.24, 2.45) is 0 Å². The molecular weight excluding hydrogens is 322 g/mol. The molecule has 1 aromatic rings. The van der Waals surface area contributed by atoms with Crippen molar-refractivity contribution in [2.45, 2.75) is 63.6 Å². The van der Waals surface area contributed by atoms with Gasteiger partial charge >= 0.3 is 0 Å². The Balaban J connectivity index is 1.55. The highest BCUT2D eigenvalue weighted by atomic mass is 16.8. The van der Waals surface area contributed by atoms with Crippen LogP contribution in [0, 0.1) is 0 Å². The molecule has 2 saturated heterocycles. The zero-order valence-corrected chi connectivity index (χ0v) is 14.6. The van der Waals surface area contributed by atoms with Crippen molar-refractivity contribution in [3.05, 3.63) is 23.3 Å². The number of hydrogen-bond acceptors (Lipinski definition) is 5. The summed E-state index contributed by atoms with van der Waals surface area (Å²) in [6.07, 6.45) is 2.10. The maximum atomic E-state index is 13.1. The molecule has 1 amide bonds. The molecule has 6 nitrogen and oxygen atoms in total. The molecule has 6 heteroatoms. The first-order chi connectivity index (χ1) is 12.0. The Morgan fingerprint density at radius 2 is 1.88 bits per heavy atom. The molecule has 134 valence electrons. The monoisotopic (exact) mass is 345 g/mol. The third-order valence-electron chi connectivity index (χ3n) is 5.72. The summed E-state index contributed by atoms with van der Waals surface area (Å²) < 4.78 is 23.1. The van der Waals surface area contributed by atoms with Crippen LogP contribution in [0.15, 0.2) is 12.1 Å². The van der Waals surface area contributed by atoms with Gasteiger partial charge in [0.15, 0.2) is 23.4 Å². The van der Waals surface area contributed by atoms with Gasteiger partial charge in [-0.1, -0.05) is 0 Å². The zero-order valence-electron chi connectivity index (χ0n) is 14.6. The lowest BCUT2D eigenvalue weighted by atomic mass is 9.87. The number of amides is 1. The molecule has 2 fully saturated rings. The van der Waals surface area contributed by atoms with Gasteiger partial charge in [-0.2, -0.15) is 0 Å². The molecule has 0 unspecified atom stereocenters. The van der Waals surface area contributed by atoms with Crippen LogP contribution in [0.25, 0.3) is 0 Å². The van der Waals surface area contributed by atoms with Crippen LogP contribution >= 0.6 is 0 Å². The van der Waals surface area contributed by atoms with E-state index in [0.717, 1.165) is 42.9 Å². The predicted molar refractivity (Wildman–Crippen MR) is 88.4 cm³/mol. The van der Waals surface area contributed by atoms with Crippen molar-refractivity contribution in [3.8, 4) is 11.5 Å². The van der Waals surface area contributed by atoms with Crippen LogP contribution in [0.4, 0.5) is 0 Å². The fourth-order valence-electron chi connectivity index (χ4n) is 4.56. The van der Waals surface area contributed by atoms with Gasteiger partial charge in [0, 0.05) is 13.1 Å². The second kappa shape index (κ2) is 5.35. The Kier molecular flexibility index (Phi) is 3.31. The largest absolute Gasteiger partial charge is 0.454 e. The molecule has 4 heterocycles. The van der Waals surface area contributed by atoms with Crippen molar-refractivity contribution in [2.75, 3.05) is 13.3 Å². The number of carbonyl (C=O) groups excluding carboxylic acids is 1. The van der Waals surface area contributed by atoms with Crippen LogP contribution in [0.5, 0.6) is 11.5 Å². The molecule has 5 rings (SSSR count). The summed E-state index contributed by atoms with van der Waals surface area (Å²) in [4.78, 5) is 15.1. The second-order valence-corrected chi connectivity index (χ2v) is 7.82. The minimum absolute atomic E-state index is 0.0433. The Labute approximate surface area is 147 Å². The summed E-state index contributed by atoms with van der Waals surface area (Å²) in [7, 11) is 0. The van der Waals surface area contributed by atoms with Crippen LogP contribution in [0.3, 0.4) is 0 Å². The first kappa shape index (κ1) is 15.5. The summed E-state index contributed by atoms with van der Waals surface area (Å²) in [5, 5.41) is 0. The first-order valence-electron chi connectivity index (χ1n) is 9.07. The van der Waals surface area contributed by atoms with Crippen LogP contribution in [0.1, 0.15) is 50.2 Å². The van der Waals surface area contributed by atoms with Gasteiger partial charge < -0.3 is 23.8 Å². The van der Waals surface area contributed by atoms with Gasteiger partial charge in [-0.25, -0.2) is 0 Å². The molecule has 0 aromatic heterocycles. The maximum Gasteiger partial charge on any atom is 0.254 e. The van der Waals surface area contributed by atoms with E-state index in [-0.39, 0.29) is 18.8 Å². The maximum absolute atomic E-state index is 13.1. The van der Waals surface area contributed by atoms with Gasteiger partial charge in [-0.15, -0.1) is 0 Å². The van der Waals surface area contributed by atoms with Crippen LogP contribution < -0.4 is 9.47 Å². The number of rotatable bonds is 0. The zero-order chi connectivity index (χ0) is 17.2. The second-order valence-electron chi connectivity index (χ2n) is 7.82. The molecule has 0 saturated carbocycles. The molecule has 2 bridgehead atoms. The Hall–Kier alpha value is -1.79. The topological polar surface area (TPSA) is 57.2 Å². The Morgan fingerprint density at radius 3 is 2.72 bits per heavy atom. The van der Waals surface area contributed by atoms with E-state index >= 15 is 0 Å². The van der Waals surface area contributed by atoms with E-state index < -0.39 is 11.9 Å². The van der Waals surface area contributed by atoms with Gasteiger partial charge in [0.25, 0.3) is 5.91 Å². The van der Waals surface area contributed by atoms with E-state index in [2.05, 4.69) is 6.07 Å². The molecule has 25 heavy (non-hydrogen) atoms. The quantitative estimate of drug-likeness (QED) is 0.723. The molecule has 1 aromatic carbocycles. The number of nitrogens with zero attached hydrogens (tertiary/aromatic N) is 1. The molecule has 0 aliphatic carbocycles. The Morgan fingerprint density at radius 1 is 1.08 bits per heavy atom. The Bertz CT molecular complexity index is 731. The molecule has 0 radical (unpaired) electrons. The molecule has 4 aliphatic heterocycles. The normalized spacial score (nSPS) is 32.5. The third kappa shape index (κ3) is 2.50. The molecule has 0 N–H and O–H groups in total. The van der Waals surface area contributed by atoms with Gasteiger partial charge in [-0.3, -0.25) is 4.79 Å². The lowest BCUT2D eigenvalue weighted by molar-refractivity contribution is -0.162. The highest BCUT2D eigenvalue weighted by Gasteiger charge is 2.47. The molecule has 3 atom stereocenters. The van der Waals surface area contributed by atoms with Crippen molar-refractivity contribution >= 4 is 5.91 Å². The van der Waals surface area contributed by atoms with E-state index in [1.54, 1.807) is 0 Å². The van der Waals surface area contributed by atoms with Gasteiger partial charge in [0.1, 0.15) is 0 Å². The smallest absolute Gasteiger partial charge is 0.254 e. The van der Waals surface area contributed by atoms with E-state index in [1.165, 1.54) is 5.56 Å².